The van der Waals surface area contributed by atoms with Gasteiger partial charge in [-0.05, 0) is 50.7 Å². The predicted octanol–water partition coefficient (Wildman–Crippen LogP) is 4.54. The molecule has 2 heterocycles. The average Bonchev–Trinajstić information content (AvgIpc) is 3.13. The normalized spacial score (nSPS) is 17.3. The lowest BCUT2D eigenvalue weighted by Gasteiger charge is -2.38. The third-order valence-electron chi connectivity index (χ3n) is 5.19. The van der Waals surface area contributed by atoms with Crippen molar-refractivity contribution in [1.29, 1.82) is 0 Å². The Morgan fingerprint density at radius 2 is 1.81 bits per heavy atom. The summed E-state index contributed by atoms with van der Waals surface area (Å²) in [6, 6.07) is 14.7. The summed E-state index contributed by atoms with van der Waals surface area (Å²) < 4.78 is 19.9. The summed E-state index contributed by atoms with van der Waals surface area (Å²) in [6.45, 7) is 1.85. The Kier molecular flexibility index (Phi) is 4.51. The first-order valence-electron chi connectivity index (χ1n) is 8.63. The number of aromatic nitrogens is 2. The van der Waals surface area contributed by atoms with Crippen molar-refractivity contribution in [3.63, 3.8) is 0 Å². The Hall–Kier alpha value is -2.24. The van der Waals surface area contributed by atoms with Gasteiger partial charge in [0.25, 0.3) is 0 Å². The fourth-order valence-electron chi connectivity index (χ4n) is 3.61. The zero-order valence-electron chi connectivity index (χ0n) is 14.5. The van der Waals surface area contributed by atoms with E-state index < -0.39 is 5.82 Å². The zero-order chi connectivity index (χ0) is 18.1. The van der Waals surface area contributed by atoms with Gasteiger partial charge in [0.05, 0.1) is 16.0 Å². The minimum absolute atomic E-state index is 0.181. The van der Waals surface area contributed by atoms with E-state index in [9.17, 15) is 4.39 Å². The maximum atomic E-state index is 14.2. The Bertz CT molecular complexity index is 884. The number of hydrogen-bond acceptors (Lipinski definition) is 4. The highest BCUT2D eigenvalue weighted by Gasteiger charge is 2.42. The van der Waals surface area contributed by atoms with Crippen LogP contribution in [0.5, 0.6) is 0 Å². The molecule has 0 amide bonds. The highest BCUT2D eigenvalue weighted by Crippen LogP contribution is 2.41. The summed E-state index contributed by atoms with van der Waals surface area (Å²) in [6.07, 6.45) is 1.72. The SMILES string of the molecule is CN1CCC(c2ccccc2)(c2nc(-c3c(F)cccc3Cl)no2)CC1. The molecule has 1 saturated heterocycles. The molecule has 1 aliphatic heterocycles. The van der Waals surface area contributed by atoms with Crippen LogP contribution in [0.15, 0.2) is 53.1 Å². The van der Waals surface area contributed by atoms with Gasteiger partial charge in [0.15, 0.2) is 0 Å². The monoisotopic (exact) mass is 371 g/mol. The van der Waals surface area contributed by atoms with Crippen LogP contribution < -0.4 is 0 Å². The second-order valence-corrected chi connectivity index (χ2v) is 7.18. The van der Waals surface area contributed by atoms with E-state index in [1.165, 1.54) is 6.07 Å². The standard InChI is InChI=1S/C20H19ClFN3O/c1-25-12-10-20(11-13-25,14-6-3-2-4-7-14)19-23-18(24-26-19)17-15(21)8-5-9-16(17)22/h2-9H,10-13H2,1H3. The van der Waals surface area contributed by atoms with Crippen LogP contribution in [0.1, 0.15) is 24.3 Å². The molecule has 4 nitrogen and oxygen atoms in total. The molecular weight excluding hydrogens is 353 g/mol. The molecule has 4 rings (SSSR count). The van der Waals surface area contributed by atoms with Crippen LogP contribution in [0.25, 0.3) is 11.4 Å². The Balaban J connectivity index is 1.80. The van der Waals surface area contributed by atoms with Gasteiger partial charge in [-0.3, -0.25) is 0 Å². The molecule has 0 N–H and O–H groups in total. The van der Waals surface area contributed by atoms with Gasteiger partial charge in [0, 0.05) is 0 Å². The second-order valence-electron chi connectivity index (χ2n) is 6.77. The van der Waals surface area contributed by atoms with Crippen molar-refractivity contribution in [2.24, 2.45) is 0 Å². The number of hydrogen-bond donors (Lipinski definition) is 0. The number of nitrogens with zero attached hydrogens (tertiary/aromatic N) is 3. The molecule has 0 radical (unpaired) electrons. The molecule has 2 aromatic carbocycles. The molecule has 1 aliphatic rings. The van der Waals surface area contributed by atoms with Gasteiger partial charge < -0.3 is 9.42 Å². The largest absolute Gasteiger partial charge is 0.338 e. The summed E-state index contributed by atoms with van der Waals surface area (Å²) in [5, 5.41) is 4.32. The topological polar surface area (TPSA) is 42.2 Å². The molecular formula is C20H19ClFN3O. The van der Waals surface area contributed by atoms with E-state index in [1.54, 1.807) is 12.1 Å². The van der Waals surface area contributed by atoms with Gasteiger partial charge >= 0.3 is 0 Å². The molecule has 1 aromatic heterocycles. The van der Waals surface area contributed by atoms with E-state index in [0.29, 0.717) is 5.89 Å². The third-order valence-corrected chi connectivity index (χ3v) is 5.50. The number of likely N-dealkylation sites (tertiary alicyclic amines) is 1. The highest BCUT2D eigenvalue weighted by molar-refractivity contribution is 6.33. The molecule has 6 heteroatoms. The van der Waals surface area contributed by atoms with Crippen molar-refractivity contribution < 1.29 is 8.91 Å². The van der Waals surface area contributed by atoms with E-state index in [0.717, 1.165) is 31.5 Å². The summed E-state index contributed by atoms with van der Waals surface area (Å²) in [5.41, 5.74) is 0.958. The predicted molar refractivity (Wildman–Crippen MR) is 98.7 cm³/mol. The molecule has 0 aliphatic carbocycles. The van der Waals surface area contributed by atoms with Gasteiger partial charge in [0.1, 0.15) is 5.82 Å². The molecule has 0 spiro atoms. The van der Waals surface area contributed by atoms with E-state index in [2.05, 4.69) is 34.2 Å². The molecule has 3 aromatic rings. The van der Waals surface area contributed by atoms with Crippen molar-refractivity contribution in [2.45, 2.75) is 18.3 Å². The fourth-order valence-corrected chi connectivity index (χ4v) is 3.86. The van der Waals surface area contributed by atoms with Gasteiger partial charge in [0.2, 0.25) is 11.7 Å². The molecule has 134 valence electrons. The summed E-state index contributed by atoms with van der Waals surface area (Å²) in [5.74, 6) is 0.255. The maximum Gasteiger partial charge on any atom is 0.237 e. The smallest absolute Gasteiger partial charge is 0.237 e. The van der Waals surface area contributed by atoms with Crippen LogP contribution in [0.2, 0.25) is 5.02 Å². The number of halogens is 2. The molecule has 0 atom stereocenters. The van der Waals surface area contributed by atoms with E-state index >= 15 is 0 Å². The van der Waals surface area contributed by atoms with Crippen molar-refractivity contribution >= 4 is 11.6 Å². The molecule has 0 saturated carbocycles. The first kappa shape index (κ1) is 17.2. The Morgan fingerprint density at radius 3 is 2.50 bits per heavy atom. The number of rotatable bonds is 3. The molecule has 26 heavy (non-hydrogen) atoms. The zero-order valence-corrected chi connectivity index (χ0v) is 15.2. The average molecular weight is 372 g/mol. The minimum Gasteiger partial charge on any atom is -0.338 e. The van der Waals surface area contributed by atoms with Gasteiger partial charge in [-0.1, -0.05) is 53.2 Å². The van der Waals surface area contributed by atoms with Crippen LogP contribution in [-0.2, 0) is 5.41 Å². The van der Waals surface area contributed by atoms with Crippen LogP contribution in [0, 0.1) is 5.82 Å². The highest BCUT2D eigenvalue weighted by atomic mass is 35.5. The van der Waals surface area contributed by atoms with Crippen molar-refractivity contribution in [3.8, 4) is 11.4 Å². The number of piperidine rings is 1. The minimum atomic E-state index is -0.456. The van der Waals surface area contributed by atoms with E-state index in [1.807, 2.05) is 18.2 Å². The molecule has 1 fully saturated rings. The van der Waals surface area contributed by atoms with Crippen molar-refractivity contribution in [1.82, 2.24) is 15.0 Å². The Morgan fingerprint density at radius 1 is 1.08 bits per heavy atom. The lowest BCUT2D eigenvalue weighted by Crippen LogP contribution is -2.41. The van der Waals surface area contributed by atoms with Gasteiger partial charge in [-0.2, -0.15) is 4.98 Å². The second kappa shape index (κ2) is 6.82. The van der Waals surface area contributed by atoms with Gasteiger partial charge in [-0.15, -0.1) is 0 Å². The molecule has 0 bridgehead atoms. The summed E-state index contributed by atoms with van der Waals surface area (Å²) >= 11 is 6.16. The maximum absolute atomic E-state index is 14.2. The van der Waals surface area contributed by atoms with Crippen LogP contribution >= 0.6 is 11.6 Å². The quantitative estimate of drug-likeness (QED) is 0.677. The van der Waals surface area contributed by atoms with Crippen LogP contribution in [0.4, 0.5) is 4.39 Å². The van der Waals surface area contributed by atoms with E-state index in [-0.39, 0.29) is 21.8 Å². The first-order chi connectivity index (χ1) is 12.6. The van der Waals surface area contributed by atoms with Crippen molar-refractivity contribution in [2.75, 3.05) is 20.1 Å². The van der Waals surface area contributed by atoms with Crippen molar-refractivity contribution in [3.05, 3.63) is 70.8 Å². The Labute approximate surface area is 156 Å². The van der Waals surface area contributed by atoms with Crippen LogP contribution in [-0.4, -0.2) is 35.2 Å². The summed E-state index contributed by atoms with van der Waals surface area (Å²) in [4.78, 5) is 6.86. The lowest BCUT2D eigenvalue weighted by atomic mass is 9.72. The lowest BCUT2D eigenvalue weighted by molar-refractivity contribution is 0.179. The fraction of sp³-hybridized carbons (Fsp3) is 0.300. The number of benzene rings is 2. The third kappa shape index (κ3) is 2.91. The van der Waals surface area contributed by atoms with E-state index in [4.69, 9.17) is 16.1 Å². The van der Waals surface area contributed by atoms with Crippen LogP contribution in [0.3, 0.4) is 0 Å². The first-order valence-corrected chi connectivity index (χ1v) is 9.00. The van der Waals surface area contributed by atoms with Gasteiger partial charge in [-0.25, -0.2) is 4.39 Å². The molecule has 0 unspecified atom stereocenters. The summed E-state index contributed by atoms with van der Waals surface area (Å²) in [7, 11) is 2.10.